The number of rotatable bonds is 3. The Bertz CT molecular complexity index is 436. The molecule has 1 aromatic rings. The highest BCUT2D eigenvalue weighted by Gasteiger charge is 2.18. The molecule has 0 amide bonds. The van der Waals surface area contributed by atoms with Gasteiger partial charge in [-0.2, -0.15) is 0 Å². The molecule has 1 aromatic heterocycles. The van der Waals surface area contributed by atoms with Crippen molar-refractivity contribution < 1.29 is 14.8 Å². The fourth-order valence-electron chi connectivity index (χ4n) is 0.993. The minimum absolute atomic E-state index is 0.343. The van der Waals surface area contributed by atoms with Crippen LogP contribution in [0.1, 0.15) is 5.56 Å². The van der Waals surface area contributed by atoms with Gasteiger partial charge < -0.3 is 10.1 Å². The Morgan fingerprint density at radius 2 is 2.29 bits per heavy atom. The molecule has 0 aliphatic heterocycles. The molecular weight excluding hydrogens is 192 g/mol. The van der Waals surface area contributed by atoms with Crippen molar-refractivity contribution in [3.05, 3.63) is 38.3 Å². The van der Waals surface area contributed by atoms with Crippen molar-refractivity contribution >= 4 is 11.7 Å². The second-order valence-corrected chi connectivity index (χ2v) is 2.50. The van der Waals surface area contributed by atoms with E-state index < -0.39 is 28.6 Å². The highest BCUT2D eigenvalue weighted by molar-refractivity contribution is 5.71. The number of pyridine rings is 1. The first kappa shape index (κ1) is 9.90. The summed E-state index contributed by atoms with van der Waals surface area (Å²) in [7, 11) is 0. The molecule has 0 spiro atoms. The van der Waals surface area contributed by atoms with Crippen molar-refractivity contribution in [1.82, 2.24) is 4.98 Å². The lowest BCUT2D eigenvalue weighted by atomic mass is 10.2. The number of nitrogens with one attached hydrogen (secondary N) is 1. The minimum Gasteiger partial charge on any atom is -0.481 e. The maximum absolute atomic E-state index is 11.1. The lowest BCUT2D eigenvalue weighted by molar-refractivity contribution is -0.385. The van der Waals surface area contributed by atoms with Crippen molar-refractivity contribution in [2.75, 3.05) is 0 Å². The molecule has 1 heterocycles. The van der Waals surface area contributed by atoms with Gasteiger partial charge in [0.05, 0.1) is 11.3 Å². The third kappa shape index (κ3) is 1.94. The highest BCUT2D eigenvalue weighted by atomic mass is 16.6. The molecule has 7 nitrogen and oxygen atoms in total. The molecule has 0 aliphatic rings. The van der Waals surface area contributed by atoms with E-state index in [1.165, 1.54) is 0 Å². The van der Waals surface area contributed by atoms with Crippen molar-refractivity contribution in [2.45, 2.75) is 6.42 Å². The van der Waals surface area contributed by atoms with Crippen LogP contribution >= 0.6 is 0 Å². The van der Waals surface area contributed by atoms with Gasteiger partial charge in [-0.05, 0) is 0 Å². The summed E-state index contributed by atoms with van der Waals surface area (Å²) in [5, 5.41) is 18.8. The summed E-state index contributed by atoms with van der Waals surface area (Å²) < 4.78 is 0. The van der Waals surface area contributed by atoms with Crippen LogP contribution in [-0.4, -0.2) is 21.0 Å². The Morgan fingerprint density at radius 1 is 1.64 bits per heavy atom. The van der Waals surface area contributed by atoms with E-state index in [-0.39, 0.29) is 5.56 Å². The first-order valence-corrected chi connectivity index (χ1v) is 3.59. The Kier molecular flexibility index (Phi) is 2.61. The lowest BCUT2D eigenvalue weighted by Gasteiger charge is -1.97. The van der Waals surface area contributed by atoms with Gasteiger partial charge in [-0.1, -0.05) is 0 Å². The van der Waals surface area contributed by atoms with E-state index in [0.29, 0.717) is 0 Å². The first-order chi connectivity index (χ1) is 6.52. The van der Waals surface area contributed by atoms with E-state index in [2.05, 4.69) is 4.98 Å². The molecule has 1 rings (SSSR count). The SMILES string of the molecule is O=C(O)Cc1c([N+](=O)[O-])cc[nH]c1=O. The number of aromatic amines is 1. The van der Waals surface area contributed by atoms with Crippen molar-refractivity contribution in [1.29, 1.82) is 0 Å². The van der Waals surface area contributed by atoms with Gasteiger partial charge in [0.2, 0.25) is 0 Å². The second kappa shape index (κ2) is 3.69. The number of aliphatic carboxylic acids is 1. The van der Waals surface area contributed by atoms with E-state index in [1.807, 2.05) is 0 Å². The molecule has 74 valence electrons. The first-order valence-electron chi connectivity index (χ1n) is 3.59. The molecule has 7 heteroatoms. The molecule has 0 aromatic carbocycles. The Labute approximate surface area is 77.2 Å². The maximum atomic E-state index is 11.1. The molecule has 0 bridgehead atoms. The normalized spacial score (nSPS) is 9.71. The fourth-order valence-corrected chi connectivity index (χ4v) is 0.993. The summed E-state index contributed by atoms with van der Waals surface area (Å²) in [5.74, 6) is -1.29. The number of carbonyl (C=O) groups is 1. The number of hydrogen-bond donors (Lipinski definition) is 2. The van der Waals surface area contributed by atoms with E-state index in [1.54, 1.807) is 0 Å². The number of carboxylic acids is 1. The summed E-state index contributed by atoms with van der Waals surface area (Å²) in [5.41, 5.74) is -1.57. The standard InChI is InChI=1S/C7H6N2O5/c10-6(11)3-4-5(9(13)14)1-2-8-7(4)12/h1-2H,3H2,(H,8,12)(H,10,11). The molecule has 0 saturated heterocycles. The number of nitro groups is 1. The van der Waals surface area contributed by atoms with Crippen LogP contribution < -0.4 is 5.56 Å². The van der Waals surface area contributed by atoms with Gasteiger partial charge in [-0.15, -0.1) is 0 Å². The van der Waals surface area contributed by atoms with Gasteiger partial charge in [-0.25, -0.2) is 0 Å². The predicted molar refractivity (Wildman–Crippen MR) is 45.1 cm³/mol. The zero-order valence-corrected chi connectivity index (χ0v) is 6.89. The predicted octanol–water partition coefficient (Wildman–Crippen LogP) is -0.0898. The van der Waals surface area contributed by atoms with E-state index in [9.17, 15) is 19.7 Å². The number of H-pyrrole nitrogens is 1. The Hall–Kier alpha value is -2.18. The van der Waals surface area contributed by atoms with Crippen LogP contribution in [0.3, 0.4) is 0 Å². The largest absolute Gasteiger partial charge is 0.481 e. The summed E-state index contributed by atoms with van der Waals surface area (Å²) in [6.45, 7) is 0. The minimum atomic E-state index is -1.29. The van der Waals surface area contributed by atoms with E-state index in [0.717, 1.165) is 12.3 Å². The molecule has 2 N–H and O–H groups in total. The second-order valence-electron chi connectivity index (χ2n) is 2.50. The monoisotopic (exact) mass is 198 g/mol. The average molecular weight is 198 g/mol. The van der Waals surface area contributed by atoms with E-state index >= 15 is 0 Å². The molecule has 0 radical (unpaired) electrons. The van der Waals surface area contributed by atoms with Crippen LogP contribution in [0, 0.1) is 10.1 Å². The number of nitrogens with zero attached hydrogens (tertiary/aromatic N) is 1. The van der Waals surface area contributed by atoms with Crippen LogP contribution in [-0.2, 0) is 11.2 Å². The van der Waals surface area contributed by atoms with Gasteiger partial charge in [0, 0.05) is 12.3 Å². The maximum Gasteiger partial charge on any atom is 0.308 e. The van der Waals surface area contributed by atoms with Crippen LogP contribution in [0.4, 0.5) is 5.69 Å². The van der Waals surface area contributed by atoms with Crippen LogP contribution in [0.25, 0.3) is 0 Å². The number of aromatic nitrogens is 1. The zero-order valence-electron chi connectivity index (χ0n) is 6.89. The molecular formula is C7H6N2O5. The summed E-state index contributed by atoms with van der Waals surface area (Å²) in [4.78, 5) is 33.2. The van der Waals surface area contributed by atoms with Crippen LogP contribution in [0.2, 0.25) is 0 Å². The fraction of sp³-hybridized carbons (Fsp3) is 0.143. The average Bonchev–Trinajstić information content (AvgIpc) is 2.07. The number of hydrogen-bond acceptors (Lipinski definition) is 4. The quantitative estimate of drug-likeness (QED) is 0.520. The molecule has 0 saturated carbocycles. The topological polar surface area (TPSA) is 113 Å². The third-order valence-electron chi connectivity index (χ3n) is 1.56. The van der Waals surface area contributed by atoms with Crippen LogP contribution in [0.5, 0.6) is 0 Å². The summed E-state index contributed by atoms with van der Waals surface area (Å²) in [6, 6.07) is 1.06. The molecule has 0 atom stereocenters. The van der Waals surface area contributed by atoms with Crippen molar-refractivity contribution in [3.8, 4) is 0 Å². The molecule has 14 heavy (non-hydrogen) atoms. The van der Waals surface area contributed by atoms with Crippen molar-refractivity contribution in [3.63, 3.8) is 0 Å². The summed E-state index contributed by atoms with van der Waals surface area (Å²) >= 11 is 0. The Balaban J connectivity index is 3.29. The van der Waals surface area contributed by atoms with Crippen molar-refractivity contribution in [2.24, 2.45) is 0 Å². The van der Waals surface area contributed by atoms with Crippen LogP contribution in [0.15, 0.2) is 17.1 Å². The van der Waals surface area contributed by atoms with Gasteiger partial charge in [0.1, 0.15) is 5.56 Å². The number of carboxylic acid groups (broad SMARTS) is 1. The van der Waals surface area contributed by atoms with Gasteiger partial charge in [0.25, 0.3) is 11.2 Å². The Morgan fingerprint density at radius 3 is 2.79 bits per heavy atom. The molecule has 0 aliphatic carbocycles. The summed E-state index contributed by atoms with van der Waals surface area (Å²) in [6.07, 6.45) is 0.443. The highest BCUT2D eigenvalue weighted by Crippen LogP contribution is 2.13. The lowest BCUT2D eigenvalue weighted by Crippen LogP contribution is -2.17. The van der Waals surface area contributed by atoms with E-state index in [4.69, 9.17) is 5.11 Å². The van der Waals surface area contributed by atoms with Gasteiger partial charge in [-0.3, -0.25) is 19.7 Å². The smallest absolute Gasteiger partial charge is 0.308 e. The zero-order chi connectivity index (χ0) is 10.7. The molecule has 0 unspecified atom stereocenters. The van der Waals surface area contributed by atoms with Gasteiger partial charge in [0.15, 0.2) is 0 Å². The third-order valence-corrected chi connectivity index (χ3v) is 1.56. The van der Waals surface area contributed by atoms with Gasteiger partial charge >= 0.3 is 5.97 Å². The molecule has 0 fully saturated rings.